The number of hydrogen-bond acceptors (Lipinski definition) is 5. The molecule has 0 aliphatic carbocycles. The highest BCUT2D eigenvalue weighted by molar-refractivity contribution is 7.14. The summed E-state index contributed by atoms with van der Waals surface area (Å²) in [5, 5.41) is 7.37. The minimum absolute atomic E-state index is 0.204. The van der Waals surface area contributed by atoms with Gasteiger partial charge in [0.05, 0.1) is 0 Å². The van der Waals surface area contributed by atoms with Gasteiger partial charge in [-0.15, -0.1) is 11.3 Å². The number of nitrogens with one attached hydrogen (secondary N) is 3. The molecular formula is C12H15N5O2S. The molecule has 3 N–H and O–H groups in total. The molecule has 0 unspecified atom stereocenters. The lowest BCUT2D eigenvalue weighted by Gasteiger charge is -2.02. The molecule has 0 saturated heterocycles. The van der Waals surface area contributed by atoms with E-state index >= 15 is 0 Å². The van der Waals surface area contributed by atoms with Crippen LogP contribution in [0.2, 0.25) is 0 Å². The van der Waals surface area contributed by atoms with Gasteiger partial charge in [-0.05, 0) is 6.42 Å². The Morgan fingerprint density at radius 2 is 2.30 bits per heavy atom. The number of amides is 2. The molecule has 2 amide bonds. The Morgan fingerprint density at radius 3 is 3.00 bits per heavy atom. The normalized spacial score (nSPS) is 10.2. The van der Waals surface area contributed by atoms with Gasteiger partial charge in [-0.25, -0.2) is 9.97 Å². The van der Waals surface area contributed by atoms with Gasteiger partial charge in [0, 0.05) is 37.7 Å². The maximum Gasteiger partial charge on any atom is 0.270 e. The fraction of sp³-hybridized carbons (Fsp3) is 0.333. The van der Waals surface area contributed by atoms with Gasteiger partial charge in [0.2, 0.25) is 5.91 Å². The molecule has 0 aromatic carbocycles. The summed E-state index contributed by atoms with van der Waals surface area (Å²) < 4.78 is 0. The maximum atomic E-state index is 11.8. The monoisotopic (exact) mass is 293 g/mol. The number of rotatable bonds is 6. The molecule has 2 rings (SSSR count). The molecule has 2 aromatic rings. The lowest BCUT2D eigenvalue weighted by molar-refractivity contribution is -0.114. The first-order chi connectivity index (χ1) is 9.65. The van der Waals surface area contributed by atoms with E-state index in [1.54, 1.807) is 17.8 Å². The molecule has 0 atom stereocenters. The van der Waals surface area contributed by atoms with E-state index in [9.17, 15) is 9.59 Å². The number of nitrogens with zero attached hydrogens (tertiary/aromatic N) is 2. The van der Waals surface area contributed by atoms with E-state index in [4.69, 9.17) is 0 Å². The van der Waals surface area contributed by atoms with Crippen LogP contribution in [-0.4, -0.2) is 33.3 Å². The molecule has 0 bridgehead atoms. The van der Waals surface area contributed by atoms with E-state index < -0.39 is 0 Å². The minimum atomic E-state index is -0.239. The zero-order valence-electron chi connectivity index (χ0n) is 11.0. The lowest BCUT2D eigenvalue weighted by atomic mass is 10.3. The summed E-state index contributed by atoms with van der Waals surface area (Å²) in [6, 6.07) is 0. The largest absolute Gasteiger partial charge is 0.351 e. The molecule has 0 saturated carbocycles. The number of aromatic amines is 1. The van der Waals surface area contributed by atoms with Crippen molar-refractivity contribution in [2.45, 2.75) is 19.8 Å². The molecule has 20 heavy (non-hydrogen) atoms. The van der Waals surface area contributed by atoms with Crippen LogP contribution in [0.1, 0.15) is 29.7 Å². The number of carbonyl (C=O) groups is 2. The Bertz CT molecular complexity index is 578. The Balaban J connectivity index is 1.74. The van der Waals surface area contributed by atoms with Gasteiger partial charge in [-0.2, -0.15) is 0 Å². The van der Waals surface area contributed by atoms with Gasteiger partial charge in [-0.3, -0.25) is 9.59 Å². The molecule has 8 heteroatoms. The third-order valence-corrected chi connectivity index (χ3v) is 3.21. The first-order valence-electron chi connectivity index (χ1n) is 6.14. The fourth-order valence-electron chi connectivity index (χ4n) is 1.57. The van der Waals surface area contributed by atoms with Gasteiger partial charge in [0.25, 0.3) is 5.91 Å². The van der Waals surface area contributed by atoms with Crippen LogP contribution in [0.4, 0.5) is 5.13 Å². The molecular weight excluding hydrogens is 278 g/mol. The lowest BCUT2D eigenvalue weighted by Crippen LogP contribution is -2.25. The third-order valence-electron chi connectivity index (χ3n) is 2.45. The summed E-state index contributed by atoms with van der Waals surface area (Å²) in [6.45, 7) is 1.95. The average molecular weight is 293 g/mol. The molecule has 106 valence electrons. The van der Waals surface area contributed by atoms with Crippen molar-refractivity contribution in [3.63, 3.8) is 0 Å². The van der Waals surface area contributed by atoms with Crippen LogP contribution in [-0.2, 0) is 11.2 Å². The predicted octanol–water partition coefficient (Wildman–Crippen LogP) is 1.19. The molecule has 0 fully saturated rings. The van der Waals surface area contributed by atoms with Crippen LogP contribution < -0.4 is 10.6 Å². The van der Waals surface area contributed by atoms with E-state index in [-0.39, 0.29) is 11.8 Å². The number of carbonyl (C=O) groups excluding carboxylic acids is 2. The second-order valence-corrected chi connectivity index (χ2v) is 4.97. The number of aryl methyl sites for hydroxylation is 1. The van der Waals surface area contributed by atoms with E-state index in [1.165, 1.54) is 18.3 Å². The Hall–Kier alpha value is -2.22. The van der Waals surface area contributed by atoms with Crippen LogP contribution in [0.3, 0.4) is 0 Å². The van der Waals surface area contributed by atoms with Crippen molar-refractivity contribution in [1.82, 2.24) is 20.3 Å². The van der Waals surface area contributed by atoms with Crippen LogP contribution in [0, 0.1) is 0 Å². The Morgan fingerprint density at radius 1 is 1.45 bits per heavy atom. The number of hydrogen-bond donors (Lipinski definition) is 3. The van der Waals surface area contributed by atoms with Crippen LogP contribution in [0.25, 0.3) is 0 Å². The number of thiazole rings is 1. The molecule has 7 nitrogen and oxygen atoms in total. The highest BCUT2D eigenvalue weighted by Gasteiger charge is 2.10. The molecule has 0 aliphatic rings. The van der Waals surface area contributed by atoms with Gasteiger partial charge < -0.3 is 15.6 Å². The van der Waals surface area contributed by atoms with Crippen molar-refractivity contribution in [1.29, 1.82) is 0 Å². The maximum absolute atomic E-state index is 11.8. The van der Waals surface area contributed by atoms with Gasteiger partial charge in [0.15, 0.2) is 5.13 Å². The van der Waals surface area contributed by atoms with E-state index in [1.807, 2.05) is 0 Å². The quantitative estimate of drug-likeness (QED) is 0.696. The molecule has 0 aliphatic heterocycles. The summed E-state index contributed by atoms with van der Waals surface area (Å²) >= 11 is 1.22. The zero-order chi connectivity index (χ0) is 14.4. The second kappa shape index (κ2) is 6.80. The van der Waals surface area contributed by atoms with Crippen molar-refractivity contribution in [3.05, 3.63) is 29.3 Å². The van der Waals surface area contributed by atoms with E-state index in [2.05, 4.69) is 25.6 Å². The SMILES string of the molecule is CC(=O)Nc1nc(C(=O)NCCCc2ncc[nH]2)cs1. The van der Waals surface area contributed by atoms with Gasteiger partial charge >= 0.3 is 0 Å². The highest BCUT2D eigenvalue weighted by Crippen LogP contribution is 2.14. The predicted molar refractivity (Wildman–Crippen MR) is 75.7 cm³/mol. The van der Waals surface area contributed by atoms with Crippen LogP contribution in [0.5, 0.6) is 0 Å². The number of aromatic nitrogens is 3. The average Bonchev–Trinajstić information content (AvgIpc) is 3.04. The summed E-state index contributed by atoms with van der Waals surface area (Å²) in [4.78, 5) is 33.8. The smallest absolute Gasteiger partial charge is 0.270 e. The van der Waals surface area contributed by atoms with Crippen molar-refractivity contribution in [2.75, 3.05) is 11.9 Å². The summed E-state index contributed by atoms with van der Waals surface area (Å²) in [6.07, 6.45) is 5.04. The Kier molecular flexibility index (Phi) is 4.83. The number of H-pyrrole nitrogens is 1. The standard InChI is InChI=1S/C12H15N5O2S/c1-8(18)16-12-17-9(7-20-12)11(19)15-4-2-3-10-13-5-6-14-10/h5-7H,2-4H2,1H3,(H,13,14)(H,15,19)(H,16,17,18). The van der Waals surface area contributed by atoms with Crippen LogP contribution >= 0.6 is 11.3 Å². The summed E-state index contributed by atoms with van der Waals surface area (Å²) in [7, 11) is 0. The number of imidazole rings is 1. The molecule has 2 heterocycles. The van der Waals surface area contributed by atoms with Crippen molar-refractivity contribution in [2.24, 2.45) is 0 Å². The van der Waals surface area contributed by atoms with E-state index in [0.717, 1.165) is 18.7 Å². The van der Waals surface area contributed by atoms with Crippen molar-refractivity contribution < 1.29 is 9.59 Å². The summed E-state index contributed by atoms with van der Waals surface area (Å²) in [5.74, 6) is 0.461. The first-order valence-corrected chi connectivity index (χ1v) is 7.02. The number of anilines is 1. The summed E-state index contributed by atoms with van der Waals surface area (Å²) in [5.41, 5.74) is 0.316. The van der Waals surface area contributed by atoms with Crippen LogP contribution in [0.15, 0.2) is 17.8 Å². The van der Waals surface area contributed by atoms with Crippen molar-refractivity contribution >= 4 is 28.3 Å². The van der Waals surface area contributed by atoms with Crippen molar-refractivity contribution in [3.8, 4) is 0 Å². The van der Waals surface area contributed by atoms with Gasteiger partial charge in [-0.1, -0.05) is 0 Å². The molecule has 0 radical (unpaired) electrons. The zero-order valence-corrected chi connectivity index (χ0v) is 11.8. The van der Waals surface area contributed by atoms with Gasteiger partial charge in [0.1, 0.15) is 11.5 Å². The molecule has 0 spiro atoms. The first kappa shape index (κ1) is 14.2. The minimum Gasteiger partial charge on any atom is -0.351 e. The highest BCUT2D eigenvalue weighted by atomic mass is 32.1. The molecule has 2 aromatic heterocycles. The fourth-order valence-corrected chi connectivity index (χ4v) is 2.31. The topological polar surface area (TPSA) is 99.8 Å². The Labute approximate surface area is 119 Å². The second-order valence-electron chi connectivity index (χ2n) is 4.11. The van der Waals surface area contributed by atoms with E-state index in [0.29, 0.717) is 17.4 Å². The third kappa shape index (κ3) is 4.16.